The summed E-state index contributed by atoms with van der Waals surface area (Å²) in [5.41, 5.74) is 13.7. The quantitative estimate of drug-likeness (QED) is 0.173. The summed E-state index contributed by atoms with van der Waals surface area (Å²) in [4.78, 5) is 2.37. The number of rotatable bonds is 6. The Labute approximate surface area is 317 Å². The van der Waals surface area contributed by atoms with Crippen LogP contribution in [0.2, 0.25) is 0 Å². The van der Waals surface area contributed by atoms with Crippen molar-refractivity contribution in [2.75, 3.05) is 4.90 Å². The van der Waals surface area contributed by atoms with Gasteiger partial charge in [-0.3, -0.25) is 0 Å². The molecule has 0 aliphatic heterocycles. The highest BCUT2D eigenvalue weighted by molar-refractivity contribution is 6.14. The van der Waals surface area contributed by atoms with Crippen molar-refractivity contribution in [3.05, 3.63) is 200 Å². The highest BCUT2D eigenvalue weighted by Crippen LogP contribution is 2.46. The second-order valence-electron chi connectivity index (χ2n) is 14.1. The second kappa shape index (κ2) is 12.6. The van der Waals surface area contributed by atoms with Gasteiger partial charge in [-0.2, -0.15) is 0 Å². The highest BCUT2D eigenvalue weighted by Gasteiger charge is 2.21. The number of furan rings is 2. The molecule has 3 heteroatoms. The van der Waals surface area contributed by atoms with Gasteiger partial charge in [-0.1, -0.05) is 133 Å². The van der Waals surface area contributed by atoms with Gasteiger partial charge in [0.2, 0.25) is 0 Å². The number of hydrogen-bond donors (Lipinski definition) is 0. The second-order valence-corrected chi connectivity index (χ2v) is 14.1. The fourth-order valence-corrected chi connectivity index (χ4v) is 8.23. The van der Waals surface area contributed by atoms with E-state index >= 15 is 0 Å². The van der Waals surface area contributed by atoms with Crippen LogP contribution in [-0.4, -0.2) is 0 Å². The Bertz CT molecular complexity index is 3220. The summed E-state index contributed by atoms with van der Waals surface area (Å²) in [6, 6.07) is 71.1. The number of benzene rings is 9. The molecule has 258 valence electrons. The van der Waals surface area contributed by atoms with Crippen LogP contribution in [0.3, 0.4) is 0 Å². The van der Waals surface area contributed by atoms with E-state index in [2.05, 4.69) is 181 Å². The molecule has 2 aromatic heterocycles. The van der Waals surface area contributed by atoms with E-state index in [1.54, 1.807) is 0 Å². The minimum Gasteiger partial charge on any atom is -0.456 e. The first-order chi connectivity index (χ1) is 27.2. The number of para-hydroxylation sites is 3. The Hall–Kier alpha value is -7.36. The Balaban J connectivity index is 1.06. The van der Waals surface area contributed by atoms with Crippen LogP contribution in [0.5, 0.6) is 0 Å². The summed E-state index contributed by atoms with van der Waals surface area (Å²) in [7, 11) is 0. The molecule has 9 aromatic carbocycles. The molecule has 2 heterocycles. The lowest BCUT2D eigenvalue weighted by Gasteiger charge is -2.28. The first-order valence-electron chi connectivity index (χ1n) is 18.7. The van der Waals surface area contributed by atoms with Gasteiger partial charge >= 0.3 is 0 Å². The molecule has 0 aliphatic carbocycles. The zero-order valence-corrected chi connectivity index (χ0v) is 29.8. The van der Waals surface area contributed by atoms with Crippen LogP contribution in [0.25, 0.3) is 88.0 Å². The topological polar surface area (TPSA) is 29.5 Å². The Morgan fingerprint density at radius 1 is 0.309 bits per heavy atom. The molecule has 55 heavy (non-hydrogen) atoms. The maximum absolute atomic E-state index is 6.35. The zero-order chi connectivity index (χ0) is 36.3. The van der Waals surface area contributed by atoms with Crippen LogP contribution >= 0.6 is 0 Å². The third-order valence-corrected chi connectivity index (χ3v) is 10.9. The lowest BCUT2D eigenvalue weighted by Crippen LogP contribution is -2.11. The van der Waals surface area contributed by atoms with E-state index in [-0.39, 0.29) is 0 Å². The smallest absolute Gasteiger partial charge is 0.136 e. The minimum absolute atomic E-state index is 0.870. The number of fused-ring (bicyclic) bond motifs is 7. The SMILES string of the molecule is c1cc(-c2ccc(N(c3ccc4oc5ccccc5c4c3)c3ccccc3-c3cccc4oc5ccccc5c34)cc2)cc(-c2ccc3ccccc3c2)c1. The van der Waals surface area contributed by atoms with Gasteiger partial charge in [0, 0.05) is 38.5 Å². The summed E-state index contributed by atoms with van der Waals surface area (Å²) >= 11 is 0. The molecule has 0 bridgehead atoms. The largest absolute Gasteiger partial charge is 0.456 e. The van der Waals surface area contributed by atoms with E-state index < -0.39 is 0 Å². The van der Waals surface area contributed by atoms with Gasteiger partial charge < -0.3 is 13.7 Å². The molecule has 0 saturated carbocycles. The third-order valence-electron chi connectivity index (χ3n) is 10.9. The van der Waals surface area contributed by atoms with E-state index in [0.29, 0.717) is 0 Å². The van der Waals surface area contributed by atoms with Crippen molar-refractivity contribution in [3.8, 4) is 33.4 Å². The van der Waals surface area contributed by atoms with Crippen molar-refractivity contribution in [2.45, 2.75) is 0 Å². The lowest BCUT2D eigenvalue weighted by molar-refractivity contribution is 0.668. The summed E-state index contributed by atoms with van der Waals surface area (Å²) in [5, 5.41) is 6.90. The van der Waals surface area contributed by atoms with Crippen LogP contribution in [0.1, 0.15) is 0 Å². The van der Waals surface area contributed by atoms with Crippen molar-refractivity contribution in [3.63, 3.8) is 0 Å². The van der Waals surface area contributed by atoms with Gasteiger partial charge in [0.25, 0.3) is 0 Å². The molecule has 0 atom stereocenters. The van der Waals surface area contributed by atoms with Crippen LogP contribution in [0.15, 0.2) is 209 Å². The van der Waals surface area contributed by atoms with Crippen LogP contribution in [0, 0.1) is 0 Å². The van der Waals surface area contributed by atoms with Gasteiger partial charge in [0.1, 0.15) is 22.3 Å². The van der Waals surface area contributed by atoms with E-state index in [1.807, 2.05) is 24.3 Å². The van der Waals surface area contributed by atoms with Crippen molar-refractivity contribution < 1.29 is 8.83 Å². The van der Waals surface area contributed by atoms with E-state index in [1.165, 1.54) is 27.5 Å². The Kier molecular flexibility index (Phi) is 7.17. The van der Waals surface area contributed by atoms with Gasteiger partial charge in [0.15, 0.2) is 0 Å². The Morgan fingerprint density at radius 3 is 1.76 bits per heavy atom. The average Bonchev–Trinajstić information content (AvgIpc) is 3.83. The maximum atomic E-state index is 6.35. The predicted molar refractivity (Wildman–Crippen MR) is 229 cm³/mol. The average molecular weight is 704 g/mol. The van der Waals surface area contributed by atoms with Crippen LogP contribution < -0.4 is 4.90 Å². The predicted octanol–water partition coefficient (Wildman–Crippen LogP) is 15.1. The lowest BCUT2D eigenvalue weighted by atomic mass is 9.96. The standard InChI is InChI=1S/C52H33NO2/c1-2-12-36-32-39(24-23-34(36)11-1)38-14-9-13-37(31-38)35-25-27-40(28-26-35)53(41-29-30-50-46(33-41)43-16-4-7-20-48(43)54-50)47-19-6-3-15-42(47)44-18-10-22-51-52(44)45-17-5-8-21-49(45)55-51/h1-33H. The van der Waals surface area contributed by atoms with Gasteiger partial charge in [-0.15, -0.1) is 0 Å². The zero-order valence-electron chi connectivity index (χ0n) is 29.8. The molecule has 0 radical (unpaired) electrons. The van der Waals surface area contributed by atoms with Gasteiger partial charge in [-0.25, -0.2) is 0 Å². The van der Waals surface area contributed by atoms with Crippen molar-refractivity contribution in [1.29, 1.82) is 0 Å². The molecule has 0 spiro atoms. The normalized spacial score (nSPS) is 11.6. The summed E-state index contributed by atoms with van der Waals surface area (Å²) < 4.78 is 12.6. The number of nitrogens with zero attached hydrogens (tertiary/aromatic N) is 1. The summed E-state index contributed by atoms with van der Waals surface area (Å²) in [5.74, 6) is 0. The molecular weight excluding hydrogens is 671 g/mol. The monoisotopic (exact) mass is 703 g/mol. The maximum Gasteiger partial charge on any atom is 0.136 e. The molecule has 11 aromatic rings. The molecule has 11 rings (SSSR count). The molecule has 3 nitrogen and oxygen atoms in total. The van der Waals surface area contributed by atoms with E-state index in [4.69, 9.17) is 8.83 Å². The van der Waals surface area contributed by atoms with Gasteiger partial charge in [-0.05, 0) is 105 Å². The first-order valence-corrected chi connectivity index (χ1v) is 18.7. The molecule has 0 aliphatic rings. The van der Waals surface area contributed by atoms with Crippen molar-refractivity contribution in [2.24, 2.45) is 0 Å². The van der Waals surface area contributed by atoms with Gasteiger partial charge in [0.05, 0.1) is 5.69 Å². The van der Waals surface area contributed by atoms with E-state index in [9.17, 15) is 0 Å². The summed E-state index contributed by atoms with van der Waals surface area (Å²) in [6.07, 6.45) is 0. The van der Waals surface area contributed by atoms with E-state index in [0.717, 1.165) is 77.6 Å². The molecule has 0 amide bonds. The minimum atomic E-state index is 0.870. The van der Waals surface area contributed by atoms with Crippen molar-refractivity contribution in [1.82, 2.24) is 0 Å². The molecule has 0 fully saturated rings. The number of anilines is 3. The molecule has 0 unspecified atom stereocenters. The van der Waals surface area contributed by atoms with Crippen molar-refractivity contribution >= 4 is 71.7 Å². The fourth-order valence-electron chi connectivity index (χ4n) is 8.23. The third kappa shape index (κ3) is 5.28. The molecular formula is C52H33NO2. The summed E-state index contributed by atoms with van der Waals surface area (Å²) in [6.45, 7) is 0. The Morgan fingerprint density at radius 2 is 0.891 bits per heavy atom. The molecule has 0 N–H and O–H groups in total. The highest BCUT2D eigenvalue weighted by atomic mass is 16.3. The molecule has 0 saturated heterocycles. The van der Waals surface area contributed by atoms with Crippen LogP contribution in [0.4, 0.5) is 17.1 Å². The first kappa shape index (κ1) is 31.2. The fraction of sp³-hybridized carbons (Fsp3) is 0. The number of hydrogen-bond acceptors (Lipinski definition) is 3. The van der Waals surface area contributed by atoms with Crippen LogP contribution in [-0.2, 0) is 0 Å².